The molecule has 0 aromatic heterocycles. The molecule has 0 radical (unpaired) electrons. The van der Waals surface area contributed by atoms with Crippen LogP contribution < -0.4 is 10.6 Å². The number of cyclic esters (lactones) is 1. The van der Waals surface area contributed by atoms with E-state index in [0.29, 0.717) is 13.0 Å². The van der Waals surface area contributed by atoms with E-state index in [1.54, 1.807) is 0 Å². The molecule has 1 aromatic carbocycles. The van der Waals surface area contributed by atoms with Crippen LogP contribution in [0.3, 0.4) is 0 Å². The van der Waals surface area contributed by atoms with Gasteiger partial charge >= 0.3 is 5.97 Å². The molecule has 0 spiro atoms. The van der Waals surface area contributed by atoms with Crippen molar-refractivity contribution in [3.8, 4) is 0 Å². The third kappa shape index (κ3) is 7.12. The van der Waals surface area contributed by atoms with Gasteiger partial charge < -0.3 is 15.4 Å². The van der Waals surface area contributed by atoms with E-state index < -0.39 is 0 Å². The van der Waals surface area contributed by atoms with Gasteiger partial charge in [0.15, 0.2) is 5.11 Å². The summed E-state index contributed by atoms with van der Waals surface area (Å²) in [5.41, 5.74) is 1.08. The van der Waals surface area contributed by atoms with Crippen LogP contribution in [0.1, 0.15) is 57.4 Å². The maximum Gasteiger partial charge on any atom is 0.309 e. The molecule has 1 fully saturated rings. The van der Waals surface area contributed by atoms with Gasteiger partial charge in [0.2, 0.25) is 5.91 Å². The maximum atomic E-state index is 12.1. The van der Waals surface area contributed by atoms with Crippen LogP contribution in [0.4, 0.5) is 0 Å². The molecule has 1 amide bonds. The Hall–Kier alpha value is -1.95. The van der Waals surface area contributed by atoms with E-state index in [9.17, 15) is 9.59 Å². The fourth-order valence-corrected chi connectivity index (χ4v) is 3.27. The highest BCUT2D eigenvalue weighted by molar-refractivity contribution is 7.80. The Balaban J connectivity index is 1.66. The first-order valence-electron chi connectivity index (χ1n) is 9.40. The van der Waals surface area contributed by atoms with Crippen molar-refractivity contribution in [1.82, 2.24) is 10.6 Å². The van der Waals surface area contributed by atoms with Crippen LogP contribution in [0.2, 0.25) is 0 Å². The van der Waals surface area contributed by atoms with Crippen molar-refractivity contribution in [3.05, 3.63) is 35.9 Å². The first kappa shape index (κ1) is 20.4. The van der Waals surface area contributed by atoms with Crippen molar-refractivity contribution in [2.45, 2.75) is 64.5 Å². The molecule has 1 aliphatic heterocycles. The maximum absolute atomic E-state index is 12.1. The molecule has 26 heavy (non-hydrogen) atoms. The molecule has 1 aliphatic rings. The molecule has 2 atom stereocenters. The van der Waals surface area contributed by atoms with Crippen LogP contribution >= 0.6 is 12.2 Å². The lowest BCUT2D eigenvalue weighted by atomic mass is 9.98. The van der Waals surface area contributed by atoms with Crippen LogP contribution in [0.25, 0.3) is 0 Å². The molecule has 0 aliphatic carbocycles. The van der Waals surface area contributed by atoms with Gasteiger partial charge in [-0.15, -0.1) is 0 Å². The summed E-state index contributed by atoms with van der Waals surface area (Å²) in [7, 11) is 0. The van der Waals surface area contributed by atoms with Crippen LogP contribution in [0, 0.1) is 5.92 Å². The number of carbonyl (C=O) groups is 2. The number of unbranched alkanes of at least 4 members (excludes halogenated alkanes) is 3. The molecule has 0 saturated carbocycles. The second-order valence-corrected chi connectivity index (χ2v) is 7.17. The highest BCUT2D eigenvalue weighted by atomic mass is 32.1. The zero-order valence-electron chi connectivity index (χ0n) is 15.3. The third-order valence-electron chi connectivity index (χ3n) is 4.52. The Morgan fingerprint density at radius 3 is 2.73 bits per heavy atom. The Bertz CT molecular complexity index is 606. The Labute approximate surface area is 160 Å². The van der Waals surface area contributed by atoms with Gasteiger partial charge in [0, 0.05) is 13.0 Å². The first-order valence-corrected chi connectivity index (χ1v) is 9.81. The lowest BCUT2D eigenvalue weighted by Crippen LogP contribution is -2.39. The molecule has 142 valence electrons. The van der Waals surface area contributed by atoms with E-state index in [1.807, 2.05) is 30.3 Å². The minimum Gasteiger partial charge on any atom is -0.462 e. The normalized spacial score (nSPS) is 19.0. The van der Waals surface area contributed by atoms with Gasteiger partial charge in [0.05, 0.1) is 5.92 Å². The zero-order valence-corrected chi connectivity index (χ0v) is 16.1. The summed E-state index contributed by atoms with van der Waals surface area (Å²) in [6, 6.07) is 9.80. The predicted molar refractivity (Wildman–Crippen MR) is 105 cm³/mol. The fourth-order valence-electron chi connectivity index (χ4n) is 3.09. The summed E-state index contributed by atoms with van der Waals surface area (Å²) in [6.45, 7) is 2.72. The van der Waals surface area contributed by atoms with Gasteiger partial charge in [-0.3, -0.25) is 9.59 Å². The van der Waals surface area contributed by atoms with Crippen molar-refractivity contribution >= 4 is 29.2 Å². The van der Waals surface area contributed by atoms with Crippen LogP contribution in [0.5, 0.6) is 0 Å². The van der Waals surface area contributed by atoms with Crippen LogP contribution in [-0.2, 0) is 20.9 Å². The number of hydrogen-bond donors (Lipinski definition) is 2. The SMILES string of the molecule is CCCCCC[C@@H]1C[C@H](CC(=O)NC(=S)NCc2ccccc2)C(=O)O1. The van der Waals surface area contributed by atoms with E-state index in [1.165, 1.54) is 12.8 Å². The number of carbonyl (C=O) groups excluding carboxylic acids is 2. The van der Waals surface area contributed by atoms with E-state index >= 15 is 0 Å². The van der Waals surface area contributed by atoms with Crippen LogP contribution in [-0.4, -0.2) is 23.1 Å². The van der Waals surface area contributed by atoms with E-state index in [-0.39, 0.29) is 35.4 Å². The van der Waals surface area contributed by atoms with Crippen molar-refractivity contribution in [3.63, 3.8) is 0 Å². The molecule has 5 nitrogen and oxygen atoms in total. The minimum absolute atomic E-state index is 0.0414. The molecule has 0 bridgehead atoms. The van der Waals surface area contributed by atoms with Gasteiger partial charge in [-0.2, -0.15) is 0 Å². The summed E-state index contributed by atoms with van der Waals surface area (Å²) in [6.07, 6.45) is 6.22. The third-order valence-corrected chi connectivity index (χ3v) is 4.77. The Morgan fingerprint density at radius 1 is 1.23 bits per heavy atom. The average molecular weight is 377 g/mol. The standard InChI is InChI=1S/C20H28N2O3S/c1-2-3-4-8-11-17-12-16(19(24)25-17)13-18(23)22-20(26)21-14-15-9-6-5-7-10-15/h5-7,9-10,16-17H,2-4,8,11-14H2,1H3,(H2,21,22,23,26)/t16-,17-/m1/s1. The van der Waals surface area contributed by atoms with E-state index in [4.69, 9.17) is 17.0 Å². The van der Waals surface area contributed by atoms with Crippen molar-refractivity contribution in [1.29, 1.82) is 0 Å². The molecule has 1 heterocycles. The number of benzene rings is 1. The number of hydrogen-bond acceptors (Lipinski definition) is 4. The average Bonchev–Trinajstić information content (AvgIpc) is 2.97. The monoisotopic (exact) mass is 376 g/mol. The molecule has 6 heteroatoms. The molecule has 1 saturated heterocycles. The summed E-state index contributed by atoms with van der Waals surface area (Å²) < 4.78 is 5.40. The lowest BCUT2D eigenvalue weighted by Gasteiger charge is -2.11. The fraction of sp³-hybridized carbons (Fsp3) is 0.550. The number of amides is 1. The molecule has 0 unspecified atom stereocenters. The largest absolute Gasteiger partial charge is 0.462 e. The topological polar surface area (TPSA) is 67.4 Å². The predicted octanol–water partition coefficient (Wildman–Crippen LogP) is 3.47. The van der Waals surface area contributed by atoms with Crippen molar-refractivity contribution in [2.24, 2.45) is 5.92 Å². The van der Waals surface area contributed by atoms with E-state index in [0.717, 1.165) is 24.8 Å². The molecular formula is C20H28N2O3S. The highest BCUT2D eigenvalue weighted by Crippen LogP contribution is 2.27. The summed E-state index contributed by atoms with van der Waals surface area (Å²) >= 11 is 5.15. The highest BCUT2D eigenvalue weighted by Gasteiger charge is 2.35. The smallest absolute Gasteiger partial charge is 0.309 e. The number of esters is 1. The Kier molecular flexibility index (Phi) is 8.54. The first-order chi connectivity index (χ1) is 12.6. The number of nitrogens with one attached hydrogen (secondary N) is 2. The van der Waals surface area contributed by atoms with Crippen molar-refractivity contribution in [2.75, 3.05) is 0 Å². The quantitative estimate of drug-likeness (QED) is 0.392. The summed E-state index contributed by atoms with van der Waals surface area (Å²) in [5.74, 6) is -0.865. The number of thiocarbonyl (C=S) groups is 1. The van der Waals surface area contributed by atoms with E-state index in [2.05, 4.69) is 17.6 Å². The van der Waals surface area contributed by atoms with Gasteiger partial charge in [-0.05, 0) is 37.0 Å². The molecule has 2 N–H and O–H groups in total. The lowest BCUT2D eigenvalue weighted by molar-refractivity contribution is -0.145. The second kappa shape index (κ2) is 10.9. The molecular weight excluding hydrogens is 348 g/mol. The van der Waals surface area contributed by atoms with Crippen LogP contribution in [0.15, 0.2) is 30.3 Å². The van der Waals surface area contributed by atoms with Gasteiger partial charge in [-0.1, -0.05) is 56.5 Å². The zero-order chi connectivity index (χ0) is 18.8. The van der Waals surface area contributed by atoms with Gasteiger partial charge in [0.1, 0.15) is 6.10 Å². The Morgan fingerprint density at radius 2 is 2.00 bits per heavy atom. The number of ether oxygens (including phenoxy) is 1. The second-order valence-electron chi connectivity index (χ2n) is 6.76. The molecule has 1 aromatic rings. The molecule has 2 rings (SSSR count). The van der Waals surface area contributed by atoms with Gasteiger partial charge in [0.25, 0.3) is 0 Å². The summed E-state index contributed by atoms with van der Waals surface area (Å²) in [5, 5.41) is 5.92. The van der Waals surface area contributed by atoms with Gasteiger partial charge in [-0.25, -0.2) is 0 Å². The summed E-state index contributed by atoms with van der Waals surface area (Å²) in [4.78, 5) is 24.1. The van der Waals surface area contributed by atoms with Crippen molar-refractivity contribution < 1.29 is 14.3 Å². The minimum atomic E-state index is -0.358. The number of rotatable bonds is 9.